The fourth-order valence-electron chi connectivity index (χ4n) is 8.77. The van der Waals surface area contributed by atoms with Crippen LogP contribution in [0.25, 0.3) is 0 Å². The minimum absolute atomic E-state index is 0.0474. The van der Waals surface area contributed by atoms with Crippen LogP contribution >= 0.6 is 23.5 Å². The van der Waals surface area contributed by atoms with Crippen molar-refractivity contribution in [3.05, 3.63) is 239 Å². The number of hydrogen-bond acceptors (Lipinski definition) is 9. The van der Waals surface area contributed by atoms with Crippen molar-refractivity contribution in [2.45, 2.75) is 81.2 Å². The summed E-state index contributed by atoms with van der Waals surface area (Å²) in [6.45, 7) is 8.63. The Morgan fingerprint density at radius 1 is 0.587 bits per heavy atom. The highest BCUT2D eigenvalue weighted by atomic mass is 32.2. The zero-order chi connectivity index (χ0) is 53.8. The fourth-order valence-corrected chi connectivity index (χ4v) is 11.8. The van der Waals surface area contributed by atoms with Gasteiger partial charge >= 0.3 is 11.9 Å². The van der Waals surface area contributed by atoms with Gasteiger partial charge in [-0.1, -0.05) is 222 Å². The molecule has 6 aromatic carbocycles. The quantitative estimate of drug-likeness (QED) is 0.0116. The van der Waals surface area contributed by atoms with Crippen LogP contribution in [0.5, 0.6) is 0 Å². The standard InChI is InChI=1S/C62H68N4O7S2/c1-6-52(64-58(70)53(65-59(71)55(63)43(2)3)42-75-62(48-33-19-10-20-34-48,49-35-21-11-22-36-49)50-37-23-12-24-38-50)57(69)66-56(44(4)5)60(72)73-51(41-54(67)68)39-25-26-40-74-61(45-27-13-7-14-28-45,46-29-15-8-16-30-46)47-31-17-9-18-32-47/h6-25,27-39,43-44,51,53,55-56H,26,40-42,63H2,1-5H3,(H,64,70)(H,65,71)(H,66,69)(H,67,68)/b39-25+,52-6+/t51-,53-,55-,56+/m1/s1. The van der Waals surface area contributed by atoms with E-state index in [0.29, 0.717) is 12.2 Å². The third-order valence-electron chi connectivity index (χ3n) is 12.8. The average molecular weight is 1050 g/mol. The molecule has 0 heterocycles. The third kappa shape index (κ3) is 14.8. The predicted octanol–water partition coefficient (Wildman–Crippen LogP) is 10.4. The molecule has 0 spiro atoms. The van der Waals surface area contributed by atoms with Crippen molar-refractivity contribution >= 4 is 53.2 Å². The zero-order valence-electron chi connectivity index (χ0n) is 43.1. The fraction of sp³-hybridized carbons (Fsp3) is 0.274. The molecule has 0 fully saturated rings. The van der Waals surface area contributed by atoms with E-state index >= 15 is 0 Å². The number of nitrogens with one attached hydrogen (secondary N) is 3. The number of carbonyl (C=O) groups excluding carboxylic acids is 4. The Balaban J connectivity index is 1.18. The van der Waals surface area contributed by atoms with Crippen molar-refractivity contribution < 1.29 is 33.8 Å². The lowest BCUT2D eigenvalue weighted by molar-refractivity contribution is -0.154. The van der Waals surface area contributed by atoms with Gasteiger partial charge in [0.25, 0.3) is 5.91 Å². The van der Waals surface area contributed by atoms with Crippen molar-refractivity contribution in [2.75, 3.05) is 11.5 Å². The first-order valence-electron chi connectivity index (χ1n) is 25.2. The van der Waals surface area contributed by atoms with Crippen LogP contribution in [0.3, 0.4) is 0 Å². The van der Waals surface area contributed by atoms with Gasteiger partial charge in [-0.05, 0) is 70.4 Å². The Kier molecular flexibility index (Phi) is 21.3. The van der Waals surface area contributed by atoms with Gasteiger partial charge < -0.3 is 31.5 Å². The second kappa shape index (κ2) is 27.9. The Bertz CT molecular complexity index is 2640. The summed E-state index contributed by atoms with van der Waals surface area (Å²) in [4.78, 5) is 68.4. The number of benzene rings is 6. The SMILES string of the molecule is C/C=C(/NC(=O)[C@@H](CSC(c1ccccc1)(c1ccccc1)c1ccccc1)NC(=O)[C@H](N)C(C)C)C(=O)N[C@H](C(=O)O[C@H](/C=C/CCSC(c1ccccc1)(c1ccccc1)c1ccccc1)CC(=O)O)C(C)C. The third-order valence-corrected chi connectivity index (χ3v) is 16.0. The molecule has 6 rings (SSSR count). The molecule has 0 unspecified atom stereocenters. The van der Waals surface area contributed by atoms with Crippen LogP contribution in [0.2, 0.25) is 0 Å². The van der Waals surface area contributed by atoms with E-state index in [0.717, 1.165) is 33.4 Å². The lowest BCUT2D eigenvalue weighted by Gasteiger charge is -2.36. The number of carboxylic acids is 1. The first-order chi connectivity index (χ1) is 36.2. The largest absolute Gasteiger partial charge is 0.481 e. The molecule has 0 saturated heterocycles. The molecule has 3 amide bonds. The summed E-state index contributed by atoms with van der Waals surface area (Å²) in [6.07, 6.45) is 3.68. The van der Waals surface area contributed by atoms with E-state index in [4.69, 9.17) is 10.5 Å². The molecule has 6 N–H and O–H groups in total. The molecule has 4 atom stereocenters. The first kappa shape index (κ1) is 57.1. The molecule has 390 valence electrons. The summed E-state index contributed by atoms with van der Waals surface area (Å²) in [5.41, 5.74) is 12.3. The van der Waals surface area contributed by atoms with E-state index < -0.39 is 75.7 Å². The Morgan fingerprint density at radius 3 is 1.35 bits per heavy atom. The van der Waals surface area contributed by atoms with Crippen LogP contribution in [-0.2, 0) is 38.2 Å². The maximum atomic E-state index is 14.5. The number of carbonyl (C=O) groups is 5. The summed E-state index contributed by atoms with van der Waals surface area (Å²) in [5.74, 6) is -4.08. The van der Waals surface area contributed by atoms with Gasteiger partial charge in [-0.3, -0.25) is 19.2 Å². The minimum Gasteiger partial charge on any atom is -0.481 e. The molecule has 0 aromatic heterocycles. The highest BCUT2D eigenvalue weighted by Crippen LogP contribution is 2.50. The van der Waals surface area contributed by atoms with E-state index in [9.17, 15) is 29.1 Å². The van der Waals surface area contributed by atoms with Crippen molar-refractivity contribution in [3.8, 4) is 0 Å². The molecule has 0 radical (unpaired) electrons. The number of aliphatic carboxylic acids is 1. The van der Waals surface area contributed by atoms with Crippen LogP contribution < -0.4 is 21.7 Å². The topological polar surface area (TPSA) is 177 Å². The summed E-state index contributed by atoms with van der Waals surface area (Å²) in [6, 6.07) is 57.3. The van der Waals surface area contributed by atoms with Crippen LogP contribution in [0, 0.1) is 11.8 Å². The number of rotatable bonds is 26. The van der Waals surface area contributed by atoms with E-state index in [-0.39, 0.29) is 17.4 Å². The molecule has 13 heteroatoms. The van der Waals surface area contributed by atoms with Crippen molar-refractivity contribution in [1.29, 1.82) is 0 Å². The van der Waals surface area contributed by atoms with Gasteiger partial charge in [0, 0.05) is 5.75 Å². The molecule has 0 saturated carbocycles. The second-order valence-corrected chi connectivity index (χ2v) is 21.3. The maximum Gasteiger partial charge on any atom is 0.329 e. The van der Waals surface area contributed by atoms with Crippen molar-refractivity contribution in [2.24, 2.45) is 17.6 Å². The number of thioether (sulfide) groups is 2. The number of carboxylic acid groups (broad SMARTS) is 1. The number of ether oxygens (including phenoxy) is 1. The monoisotopic (exact) mass is 1040 g/mol. The summed E-state index contributed by atoms with van der Waals surface area (Å²) in [7, 11) is 0. The lowest BCUT2D eigenvalue weighted by atomic mass is 9.84. The minimum atomic E-state index is -1.23. The van der Waals surface area contributed by atoms with Gasteiger partial charge in [0.05, 0.1) is 22.0 Å². The van der Waals surface area contributed by atoms with Gasteiger partial charge in [-0.25, -0.2) is 4.79 Å². The van der Waals surface area contributed by atoms with Gasteiger partial charge in [0.1, 0.15) is 23.9 Å². The second-order valence-electron chi connectivity index (χ2n) is 18.7. The highest BCUT2D eigenvalue weighted by Gasteiger charge is 2.40. The normalized spacial score (nSPS) is 13.6. The molecular weight excluding hydrogens is 977 g/mol. The molecular formula is C62H68N4O7S2. The predicted molar refractivity (Wildman–Crippen MR) is 303 cm³/mol. The van der Waals surface area contributed by atoms with Crippen LogP contribution in [0.15, 0.2) is 206 Å². The Labute approximate surface area is 450 Å². The van der Waals surface area contributed by atoms with Crippen LogP contribution in [-0.4, -0.2) is 70.5 Å². The molecule has 6 aromatic rings. The zero-order valence-corrected chi connectivity index (χ0v) is 44.8. The molecule has 75 heavy (non-hydrogen) atoms. The van der Waals surface area contributed by atoms with Crippen molar-refractivity contribution in [1.82, 2.24) is 16.0 Å². The van der Waals surface area contributed by atoms with Gasteiger partial charge in [-0.15, -0.1) is 23.5 Å². The summed E-state index contributed by atoms with van der Waals surface area (Å²) < 4.78 is 4.44. The number of hydrogen-bond donors (Lipinski definition) is 5. The van der Waals surface area contributed by atoms with Gasteiger partial charge in [-0.2, -0.15) is 0 Å². The smallest absolute Gasteiger partial charge is 0.329 e. The molecule has 11 nitrogen and oxygen atoms in total. The highest BCUT2D eigenvalue weighted by molar-refractivity contribution is 8.00. The van der Waals surface area contributed by atoms with Gasteiger partial charge in [0.15, 0.2) is 0 Å². The van der Waals surface area contributed by atoms with E-state index in [1.54, 1.807) is 38.6 Å². The molecule has 0 bridgehead atoms. The van der Waals surface area contributed by atoms with Gasteiger partial charge in [0.2, 0.25) is 11.8 Å². The molecule has 0 aliphatic carbocycles. The summed E-state index contributed by atoms with van der Waals surface area (Å²) in [5, 5.41) is 18.2. The van der Waals surface area contributed by atoms with Crippen molar-refractivity contribution in [3.63, 3.8) is 0 Å². The first-order valence-corrected chi connectivity index (χ1v) is 27.2. The average Bonchev–Trinajstić information content (AvgIpc) is 3.43. The Hall–Kier alpha value is -7.19. The lowest BCUT2D eigenvalue weighted by Crippen LogP contribution is -2.55. The summed E-state index contributed by atoms with van der Waals surface area (Å²) >= 11 is 3.21. The molecule has 0 aliphatic heterocycles. The number of esters is 1. The van der Waals surface area contributed by atoms with E-state index in [1.807, 2.05) is 166 Å². The number of nitrogens with two attached hydrogens (primary N) is 1. The van der Waals surface area contributed by atoms with E-state index in [1.165, 1.54) is 17.8 Å². The number of allylic oxidation sites excluding steroid dienone is 2. The van der Waals surface area contributed by atoms with Crippen LogP contribution in [0.4, 0.5) is 0 Å². The Morgan fingerprint density at radius 2 is 0.987 bits per heavy atom. The maximum absolute atomic E-state index is 14.5. The van der Waals surface area contributed by atoms with Crippen LogP contribution in [0.1, 0.15) is 80.8 Å². The van der Waals surface area contributed by atoms with E-state index in [2.05, 4.69) is 52.3 Å². The molecule has 0 aliphatic rings. The number of amides is 3.